The molecular weight excluding hydrogens is 448 g/mol. The molecule has 0 aliphatic heterocycles. The number of carbonyl (C=O) groups is 1. The Morgan fingerprint density at radius 1 is 0.882 bits per heavy atom. The molecule has 34 heavy (non-hydrogen) atoms. The Kier molecular flexibility index (Phi) is 6.84. The quantitative estimate of drug-likeness (QED) is 0.372. The number of nitrogens with one attached hydrogen (secondary N) is 1. The van der Waals surface area contributed by atoms with Crippen LogP contribution in [0.2, 0.25) is 0 Å². The second-order valence-corrected chi connectivity index (χ2v) is 9.66. The van der Waals surface area contributed by atoms with Crippen LogP contribution in [0.1, 0.15) is 12.5 Å². The van der Waals surface area contributed by atoms with Crippen LogP contribution in [-0.2, 0) is 14.8 Å². The molecular formula is C27H26N2O4S. The van der Waals surface area contributed by atoms with Crippen molar-refractivity contribution in [3.8, 4) is 5.75 Å². The number of aryl methyl sites for hydroxylation is 1. The van der Waals surface area contributed by atoms with Crippen molar-refractivity contribution in [1.29, 1.82) is 0 Å². The maximum atomic E-state index is 13.9. The molecule has 1 N–H and O–H groups in total. The molecule has 1 amide bonds. The van der Waals surface area contributed by atoms with E-state index in [9.17, 15) is 13.2 Å². The summed E-state index contributed by atoms with van der Waals surface area (Å²) in [5.41, 5.74) is 1.96. The number of ether oxygens (including phenoxy) is 1. The number of nitrogens with zero attached hydrogens (tertiary/aromatic N) is 1. The van der Waals surface area contributed by atoms with Crippen LogP contribution in [0.3, 0.4) is 0 Å². The van der Waals surface area contributed by atoms with Crippen LogP contribution >= 0.6 is 0 Å². The van der Waals surface area contributed by atoms with Crippen molar-refractivity contribution >= 4 is 38.1 Å². The third kappa shape index (κ3) is 5.05. The zero-order chi connectivity index (χ0) is 24.1. The molecule has 4 aromatic rings. The van der Waals surface area contributed by atoms with Crippen LogP contribution in [0.25, 0.3) is 10.8 Å². The summed E-state index contributed by atoms with van der Waals surface area (Å²) in [5, 5.41) is 4.20. The number of carbonyl (C=O) groups excluding carboxylic acids is 1. The number of hydrogen-bond acceptors (Lipinski definition) is 4. The van der Waals surface area contributed by atoms with Gasteiger partial charge in [0.1, 0.15) is 12.3 Å². The Labute approximate surface area is 199 Å². The van der Waals surface area contributed by atoms with Crippen LogP contribution in [0, 0.1) is 6.92 Å². The number of anilines is 2. The van der Waals surface area contributed by atoms with Crippen molar-refractivity contribution in [2.45, 2.75) is 18.7 Å². The van der Waals surface area contributed by atoms with E-state index in [2.05, 4.69) is 5.32 Å². The highest BCUT2D eigenvalue weighted by atomic mass is 32.2. The minimum atomic E-state index is -4.04. The summed E-state index contributed by atoms with van der Waals surface area (Å²) in [4.78, 5) is 13.1. The molecule has 0 saturated heterocycles. The molecule has 6 nitrogen and oxygen atoms in total. The van der Waals surface area contributed by atoms with Gasteiger partial charge in [0.05, 0.1) is 17.2 Å². The Morgan fingerprint density at radius 3 is 2.26 bits per heavy atom. The predicted octanol–water partition coefficient (Wildman–Crippen LogP) is 5.38. The summed E-state index contributed by atoms with van der Waals surface area (Å²) in [5.74, 6) is 0.244. The lowest BCUT2D eigenvalue weighted by molar-refractivity contribution is -0.114. The molecule has 0 heterocycles. The van der Waals surface area contributed by atoms with Crippen molar-refractivity contribution in [3.05, 3.63) is 96.6 Å². The number of rotatable bonds is 8. The van der Waals surface area contributed by atoms with E-state index >= 15 is 0 Å². The molecule has 0 aromatic heterocycles. The lowest BCUT2D eigenvalue weighted by Gasteiger charge is -2.25. The fourth-order valence-electron chi connectivity index (χ4n) is 3.70. The molecule has 4 aromatic carbocycles. The molecule has 0 atom stereocenters. The molecule has 4 rings (SSSR count). The van der Waals surface area contributed by atoms with E-state index in [1.807, 2.05) is 44.2 Å². The van der Waals surface area contributed by atoms with Gasteiger partial charge >= 0.3 is 0 Å². The highest BCUT2D eigenvalue weighted by Gasteiger charge is 2.28. The van der Waals surface area contributed by atoms with Gasteiger partial charge in [-0.25, -0.2) is 8.42 Å². The summed E-state index contributed by atoms with van der Waals surface area (Å²) in [6, 6.07) is 26.5. The van der Waals surface area contributed by atoms with Gasteiger partial charge in [0, 0.05) is 11.1 Å². The van der Waals surface area contributed by atoms with Gasteiger partial charge in [-0.05, 0) is 61.7 Å². The highest BCUT2D eigenvalue weighted by molar-refractivity contribution is 7.93. The van der Waals surface area contributed by atoms with Gasteiger partial charge in [-0.15, -0.1) is 0 Å². The average molecular weight is 475 g/mol. The fourth-order valence-corrected chi connectivity index (χ4v) is 5.34. The first kappa shape index (κ1) is 23.3. The number of benzene rings is 4. The van der Waals surface area contributed by atoms with Gasteiger partial charge in [-0.1, -0.05) is 54.1 Å². The summed E-state index contributed by atoms with van der Waals surface area (Å²) in [7, 11) is -4.04. The second kappa shape index (κ2) is 9.97. The third-order valence-corrected chi connectivity index (χ3v) is 7.21. The molecule has 0 fully saturated rings. The van der Waals surface area contributed by atoms with Crippen molar-refractivity contribution in [1.82, 2.24) is 0 Å². The van der Waals surface area contributed by atoms with Gasteiger partial charge in [0.25, 0.3) is 10.0 Å². The summed E-state index contributed by atoms with van der Waals surface area (Å²) in [6.45, 7) is 3.99. The molecule has 7 heteroatoms. The van der Waals surface area contributed by atoms with Gasteiger partial charge < -0.3 is 10.1 Å². The van der Waals surface area contributed by atoms with E-state index in [1.54, 1.807) is 60.7 Å². The van der Waals surface area contributed by atoms with Gasteiger partial charge in [-0.2, -0.15) is 0 Å². The van der Waals surface area contributed by atoms with Gasteiger partial charge in [-0.3, -0.25) is 9.10 Å². The molecule has 174 valence electrons. The van der Waals surface area contributed by atoms with Crippen LogP contribution in [0.15, 0.2) is 95.9 Å². The van der Waals surface area contributed by atoms with Crippen molar-refractivity contribution in [2.75, 3.05) is 22.8 Å². The second-order valence-electron chi connectivity index (χ2n) is 7.83. The molecule has 0 saturated carbocycles. The van der Waals surface area contributed by atoms with Crippen LogP contribution in [0.5, 0.6) is 5.75 Å². The van der Waals surface area contributed by atoms with Crippen molar-refractivity contribution in [2.24, 2.45) is 0 Å². The Bertz CT molecular complexity index is 1390. The smallest absolute Gasteiger partial charge is 0.265 e. The highest BCUT2D eigenvalue weighted by Crippen LogP contribution is 2.29. The summed E-state index contributed by atoms with van der Waals surface area (Å²) < 4.78 is 34.3. The number of amides is 1. The topological polar surface area (TPSA) is 75.7 Å². The largest absolute Gasteiger partial charge is 0.494 e. The van der Waals surface area contributed by atoms with E-state index in [4.69, 9.17) is 4.74 Å². The van der Waals surface area contributed by atoms with E-state index < -0.39 is 15.9 Å². The summed E-state index contributed by atoms with van der Waals surface area (Å²) in [6.07, 6.45) is 0. The monoisotopic (exact) mass is 474 g/mol. The minimum absolute atomic E-state index is 0.153. The fraction of sp³-hybridized carbons (Fsp3) is 0.148. The van der Waals surface area contributed by atoms with Crippen LogP contribution in [0.4, 0.5) is 11.4 Å². The Hall–Kier alpha value is -3.84. The normalized spacial score (nSPS) is 11.2. The molecule has 0 radical (unpaired) electrons. The van der Waals surface area contributed by atoms with Crippen molar-refractivity contribution < 1.29 is 17.9 Å². The summed E-state index contributed by atoms with van der Waals surface area (Å²) >= 11 is 0. The average Bonchev–Trinajstić information content (AvgIpc) is 2.84. The number of hydrogen-bond donors (Lipinski definition) is 1. The van der Waals surface area contributed by atoms with E-state index in [-0.39, 0.29) is 11.4 Å². The van der Waals surface area contributed by atoms with E-state index in [0.29, 0.717) is 29.1 Å². The molecule has 0 unspecified atom stereocenters. The molecule has 0 aliphatic carbocycles. The Morgan fingerprint density at radius 2 is 1.56 bits per heavy atom. The van der Waals surface area contributed by atoms with E-state index in [1.165, 1.54) is 0 Å². The van der Waals surface area contributed by atoms with Crippen LogP contribution in [-0.4, -0.2) is 27.5 Å². The standard InChI is InChI=1S/C27H26N2O4S/c1-3-33-24-17-13-22(14-18-24)28-27(30)19-29(23-15-11-20(2)12-16-23)34(31,32)26-10-6-8-21-7-4-5-9-25(21)26/h4-18H,3,19H2,1-2H3,(H,28,30). The maximum absolute atomic E-state index is 13.9. The first-order valence-electron chi connectivity index (χ1n) is 11.0. The number of sulfonamides is 1. The zero-order valence-corrected chi connectivity index (χ0v) is 19.9. The first-order valence-corrected chi connectivity index (χ1v) is 12.4. The third-order valence-electron chi connectivity index (χ3n) is 5.38. The van der Waals surface area contributed by atoms with Crippen molar-refractivity contribution in [3.63, 3.8) is 0 Å². The number of fused-ring (bicyclic) bond motifs is 1. The lowest BCUT2D eigenvalue weighted by atomic mass is 10.1. The predicted molar refractivity (Wildman–Crippen MR) is 136 cm³/mol. The molecule has 0 aliphatic rings. The molecule has 0 bridgehead atoms. The van der Waals surface area contributed by atoms with Gasteiger partial charge in [0.2, 0.25) is 5.91 Å². The maximum Gasteiger partial charge on any atom is 0.265 e. The molecule has 0 spiro atoms. The van der Waals surface area contributed by atoms with E-state index in [0.717, 1.165) is 15.3 Å². The Balaban J connectivity index is 1.68. The van der Waals surface area contributed by atoms with Gasteiger partial charge in [0.15, 0.2) is 0 Å². The van der Waals surface area contributed by atoms with Crippen LogP contribution < -0.4 is 14.4 Å². The SMILES string of the molecule is CCOc1ccc(NC(=O)CN(c2ccc(C)cc2)S(=O)(=O)c2cccc3ccccc23)cc1. The minimum Gasteiger partial charge on any atom is -0.494 e. The lowest BCUT2D eigenvalue weighted by Crippen LogP contribution is -2.38. The zero-order valence-electron chi connectivity index (χ0n) is 19.1. The first-order chi connectivity index (χ1) is 16.4.